The molecule has 0 bridgehead atoms. The number of rotatable bonds is 5. The minimum Gasteiger partial charge on any atom is -0.381 e. The molecule has 2 aliphatic rings. The van der Waals surface area contributed by atoms with Crippen molar-refractivity contribution in [2.24, 2.45) is 0 Å². The van der Waals surface area contributed by atoms with Crippen LogP contribution < -0.4 is 5.32 Å². The van der Waals surface area contributed by atoms with Crippen molar-refractivity contribution in [1.82, 2.24) is 29.7 Å². The second-order valence-corrected chi connectivity index (χ2v) is 8.05. The number of para-hydroxylation sites is 1. The molecule has 1 aromatic carbocycles. The maximum absolute atomic E-state index is 13.9. The van der Waals surface area contributed by atoms with Crippen LogP contribution in [0, 0.1) is 5.82 Å². The SMILES string of the molecule is Fc1cccc2[nH]c(CNc3nn(C4CCOCC4)c4nc(C5CC5)cnc34)nc12. The Labute approximate surface area is 171 Å². The summed E-state index contributed by atoms with van der Waals surface area (Å²) in [4.78, 5) is 17.1. The normalized spacial score (nSPS) is 17.8. The Morgan fingerprint density at radius 2 is 2.00 bits per heavy atom. The Morgan fingerprint density at radius 3 is 2.80 bits per heavy atom. The Balaban J connectivity index is 1.34. The molecular formula is C21H22FN7O. The van der Waals surface area contributed by atoms with Crippen LogP contribution in [-0.2, 0) is 11.3 Å². The van der Waals surface area contributed by atoms with Crippen LogP contribution in [0.15, 0.2) is 24.4 Å². The lowest BCUT2D eigenvalue weighted by atomic mass is 10.1. The van der Waals surface area contributed by atoms with E-state index in [0.29, 0.717) is 35.1 Å². The predicted molar refractivity (Wildman–Crippen MR) is 110 cm³/mol. The summed E-state index contributed by atoms with van der Waals surface area (Å²) in [6, 6.07) is 5.15. The molecule has 0 unspecified atom stereocenters. The zero-order valence-corrected chi connectivity index (χ0v) is 16.4. The molecule has 0 amide bonds. The predicted octanol–water partition coefficient (Wildman–Crippen LogP) is 3.68. The van der Waals surface area contributed by atoms with Crippen LogP contribution in [0.1, 0.15) is 49.2 Å². The van der Waals surface area contributed by atoms with E-state index in [4.69, 9.17) is 19.8 Å². The average Bonchev–Trinajstić information content (AvgIpc) is 3.44. The fourth-order valence-electron chi connectivity index (χ4n) is 4.10. The lowest BCUT2D eigenvalue weighted by molar-refractivity contribution is 0.0674. The minimum absolute atomic E-state index is 0.251. The molecule has 8 nitrogen and oxygen atoms in total. The number of fused-ring (bicyclic) bond motifs is 2. The molecule has 154 valence electrons. The molecule has 0 spiro atoms. The quantitative estimate of drug-likeness (QED) is 0.524. The number of anilines is 1. The zero-order chi connectivity index (χ0) is 20.1. The van der Waals surface area contributed by atoms with Crippen molar-refractivity contribution in [1.29, 1.82) is 0 Å². The van der Waals surface area contributed by atoms with E-state index in [1.165, 1.54) is 18.9 Å². The molecule has 6 rings (SSSR count). The molecule has 3 aromatic heterocycles. The molecule has 2 fully saturated rings. The van der Waals surface area contributed by atoms with Crippen molar-refractivity contribution in [3.63, 3.8) is 0 Å². The van der Waals surface area contributed by atoms with Crippen LogP contribution in [-0.4, -0.2) is 42.9 Å². The average molecular weight is 407 g/mol. The van der Waals surface area contributed by atoms with E-state index < -0.39 is 0 Å². The van der Waals surface area contributed by atoms with Crippen molar-refractivity contribution in [3.8, 4) is 0 Å². The van der Waals surface area contributed by atoms with Gasteiger partial charge in [-0.1, -0.05) is 6.07 Å². The van der Waals surface area contributed by atoms with Gasteiger partial charge >= 0.3 is 0 Å². The van der Waals surface area contributed by atoms with Gasteiger partial charge in [0, 0.05) is 25.3 Å². The van der Waals surface area contributed by atoms with Gasteiger partial charge in [0.25, 0.3) is 0 Å². The molecule has 1 aliphatic carbocycles. The number of aromatic amines is 1. The van der Waals surface area contributed by atoms with Crippen molar-refractivity contribution in [2.75, 3.05) is 18.5 Å². The minimum atomic E-state index is -0.331. The maximum atomic E-state index is 13.9. The van der Waals surface area contributed by atoms with Crippen molar-refractivity contribution >= 4 is 28.0 Å². The molecule has 0 radical (unpaired) electrons. The number of H-pyrrole nitrogens is 1. The highest BCUT2D eigenvalue weighted by atomic mass is 19.1. The number of aromatic nitrogens is 6. The van der Waals surface area contributed by atoms with Gasteiger partial charge in [-0.05, 0) is 37.8 Å². The van der Waals surface area contributed by atoms with Crippen molar-refractivity contribution in [2.45, 2.75) is 44.2 Å². The van der Waals surface area contributed by atoms with Gasteiger partial charge in [-0.25, -0.2) is 24.0 Å². The largest absolute Gasteiger partial charge is 0.381 e. The molecular weight excluding hydrogens is 385 g/mol. The van der Waals surface area contributed by atoms with E-state index in [1.54, 1.807) is 6.07 Å². The van der Waals surface area contributed by atoms with E-state index >= 15 is 0 Å². The topological polar surface area (TPSA) is 93.5 Å². The van der Waals surface area contributed by atoms with Gasteiger partial charge in [0.15, 0.2) is 22.8 Å². The van der Waals surface area contributed by atoms with Crippen LogP contribution in [0.25, 0.3) is 22.2 Å². The van der Waals surface area contributed by atoms with E-state index in [1.807, 2.05) is 16.9 Å². The summed E-state index contributed by atoms with van der Waals surface area (Å²) in [5, 5.41) is 8.16. The van der Waals surface area contributed by atoms with Crippen LogP contribution >= 0.6 is 0 Å². The number of hydrogen-bond donors (Lipinski definition) is 2. The number of imidazole rings is 1. The van der Waals surface area contributed by atoms with Gasteiger partial charge in [-0.15, -0.1) is 0 Å². The Bertz CT molecular complexity index is 1220. The van der Waals surface area contributed by atoms with Gasteiger partial charge in [0.2, 0.25) is 0 Å². The summed E-state index contributed by atoms with van der Waals surface area (Å²) in [7, 11) is 0. The van der Waals surface area contributed by atoms with Crippen LogP contribution in [0.5, 0.6) is 0 Å². The smallest absolute Gasteiger partial charge is 0.179 e. The molecule has 2 N–H and O–H groups in total. The Morgan fingerprint density at radius 1 is 1.13 bits per heavy atom. The standard InChI is InChI=1S/C21H22FN7O/c22-14-2-1-3-15-18(14)27-17(25-15)11-24-20-19-21(26-16(10-23-19)12-4-5-12)29(28-20)13-6-8-30-9-7-13/h1-3,10,12-13H,4-9,11H2,(H,24,28)(H,25,27). The first kappa shape index (κ1) is 17.8. The highest BCUT2D eigenvalue weighted by Crippen LogP contribution is 2.39. The van der Waals surface area contributed by atoms with Gasteiger partial charge < -0.3 is 15.0 Å². The monoisotopic (exact) mass is 407 g/mol. The van der Waals surface area contributed by atoms with Crippen LogP contribution in [0.4, 0.5) is 10.2 Å². The Hall–Kier alpha value is -3.07. The lowest BCUT2D eigenvalue weighted by Crippen LogP contribution is -2.21. The van der Waals surface area contributed by atoms with Gasteiger partial charge in [0.1, 0.15) is 11.3 Å². The van der Waals surface area contributed by atoms with Gasteiger partial charge in [-0.2, -0.15) is 5.10 Å². The van der Waals surface area contributed by atoms with Gasteiger partial charge in [-0.3, -0.25) is 0 Å². The number of halogens is 1. The number of ether oxygens (including phenoxy) is 1. The fraction of sp³-hybridized carbons (Fsp3) is 0.429. The number of nitrogens with one attached hydrogen (secondary N) is 2. The van der Waals surface area contributed by atoms with E-state index in [0.717, 1.165) is 42.9 Å². The lowest BCUT2D eigenvalue weighted by Gasteiger charge is -2.22. The third-order valence-corrected chi connectivity index (χ3v) is 5.89. The summed E-state index contributed by atoms with van der Waals surface area (Å²) in [6.45, 7) is 1.85. The summed E-state index contributed by atoms with van der Waals surface area (Å²) < 4.78 is 21.5. The summed E-state index contributed by atoms with van der Waals surface area (Å²) in [5.74, 6) is 1.52. The molecule has 4 aromatic rings. The molecule has 1 aliphatic heterocycles. The number of nitrogens with zero attached hydrogens (tertiary/aromatic N) is 5. The highest BCUT2D eigenvalue weighted by Gasteiger charge is 2.28. The summed E-state index contributed by atoms with van der Waals surface area (Å²) in [6.07, 6.45) is 6.05. The molecule has 0 atom stereocenters. The van der Waals surface area contributed by atoms with Crippen LogP contribution in [0.3, 0.4) is 0 Å². The number of hydrogen-bond acceptors (Lipinski definition) is 6. The fourth-order valence-corrected chi connectivity index (χ4v) is 4.10. The van der Waals surface area contributed by atoms with E-state index in [2.05, 4.69) is 15.3 Å². The number of benzene rings is 1. The first-order chi connectivity index (χ1) is 14.8. The van der Waals surface area contributed by atoms with Crippen molar-refractivity contribution < 1.29 is 9.13 Å². The molecule has 1 saturated heterocycles. The third kappa shape index (κ3) is 3.09. The van der Waals surface area contributed by atoms with E-state index in [9.17, 15) is 4.39 Å². The van der Waals surface area contributed by atoms with Crippen molar-refractivity contribution in [3.05, 3.63) is 41.7 Å². The van der Waals surface area contributed by atoms with E-state index in [-0.39, 0.29) is 11.9 Å². The molecule has 9 heteroatoms. The molecule has 4 heterocycles. The second-order valence-electron chi connectivity index (χ2n) is 8.05. The maximum Gasteiger partial charge on any atom is 0.179 e. The third-order valence-electron chi connectivity index (χ3n) is 5.89. The highest BCUT2D eigenvalue weighted by molar-refractivity contribution is 5.83. The summed E-state index contributed by atoms with van der Waals surface area (Å²) in [5.41, 5.74) is 3.66. The first-order valence-corrected chi connectivity index (χ1v) is 10.5. The Kier molecular flexibility index (Phi) is 4.15. The first-order valence-electron chi connectivity index (χ1n) is 10.5. The molecule has 30 heavy (non-hydrogen) atoms. The summed E-state index contributed by atoms with van der Waals surface area (Å²) >= 11 is 0. The van der Waals surface area contributed by atoms with Crippen LogP contribution in [0.2, 0.25) is 0 Å². The second kappa shape index (κ2) is 7.02. The molecule has 1 saturated carbocycles. The van der Waals surface area contributed by atoms with Gasteiger partial charge in [0.05, 0.1) is 23.8 Å². The zero-order valence-electron chi connectivity index (χ0n) is 16.4.